The first-order valence-electron chi connectivity index (χ1n) is 9.80. The SMILES string of the molecule is O=C(Oc1ccc(/C=C/c2ccccn2)cc1)C(c1ccccc1)c1ccccc1. The molecule has 4 rings (SSSR count). The summed E-state index contributed by atoms with van der Waals surface area (Å²) in [6, 6.07) is 32.6. The largest absolute Gasteiger partial charge is 0.426 e. The van der Waals surface area contributed by atoms with Gasteiger partial charge in [-0.2, -0.15) is 0 Å². The van der Waals surface area contributed by atoms with E-state index in [-0.39, 0.29) is 5.97 Å². The summed E-state index contributed by atoms with van der Waals surface area (Å²) in [5, 5.41) is 0. The van der Waals surface area contributed by atoms with E-state index in [2.05, 4.69) is 4.98 Å². The molecule has 1 aromatic heterocycles. The van der Waals surface area contributed by atoms with E-state index in [4.69, 9.17) is 4.74 Å². The van der Waals surface area contributed by atoms with Crippen molar-refractivity contribution in [3.63, 3.8) is 0 Å². The Balaban J connectivity index is 1.51. The number of aromatic nitrogens is 1. The maximum atomic E-state index is 13.1. The van der Waals surface area contributed by atoms with E-state index in [0.29, 0.717) is 5.75 Å². The number of nitrogens with zero attached hydrogens (tertiary/aromatic N) is 1. The molecular weight excluding hydrogens is 370 g/mol. The second-order valence-corrected chi connectivity index (χ2v) is 6.83. The molecule has 0 spiro atoms. The quantitative estimate of drug-likeness (QED) is 0.299. The highest BCUT2D eigenvalue weighted by Crippen LogP contribution is 2.27. The maximum absolute atomic E-state index is 13.1. The summed E-state index contributed by atoms with van der Waals surface area (Å²) >= 11 is 0. The minimum atomic E-state index is -0.476. The number of ether oxygens (including phenoxy) is 1. The van der Waals surface area contributed by atoms with Gasteiger partial charge in [0.05, 0.1) is 5.69 Å². The van der Waals surface area contributed by atoms with Crippen LogP contribution in [-0.4, -0.2) is 11.0 Å². The first-order chi connectivity index (χ1) is 14.8. The Hall–Kier alpha value is -3.98. The minimum absolute atomic E-state index is 0.302. The van der Waals surface area contributed by atoms with Gasteiger partial charge in [0.2, 0.25) is 0 Å². The lowest BCUT2D eigenvalue weighted by atomic mass is 9.91. The molecule has 0 aliphatic heterocycles. The van der Waals surface area contributed by atoms with Gasteiger partial charge in [0, 0.05) is 6.20 Å². The molecule has 30 heavy (non-hydrogen) atoms. The molecule has 0 aliphatic rings. The number of hydrogen-bond acceptors (Lipinski definition) is 3. The molecule has 0 saturated carbocycles. The Labute approximate surface area is 176 Å². The molecule has 1 heterocycles. The van der Waals surface area contributed by atoms with Crippen molar-refractivity contribution in [2.75, 3.05) is 0 Å². The van der Waals surface area contributed by atoms with Crippen molar-refractivity contribution in [1.29, 1.82) is 0 Å². The summed E-state index contributed by atoms with van der Waals surface area (Å²) in [7, 11) is 0. The molecule has 0 saturated heterocycles. The molecule has 0 atom stereocenters. The van der Waals surface area contributed by atoms with Crippen molar-refractivity contribution in [1.82, 2.24) is 4.98 Å². The van der Waals surface area contributed by atoms with Gasteiger partial charge in [0.1, 0.15) is 11.7 Å². The lowest BCUT2D eigenvalue weighted by Crippen LogP contribution is -2.20. The Morgan fingerprint density at radius 1 is 0.700 bits per heavy atom. The second-order valence-electron chi connectivity index (χ2n) is 6.83. The summed E-state index contributed by atoms with van der Waals surface area (Å²) in [5.41, 5.74) is 3.71. The molecule has 0 unspecified atom stereocenters. The van der Waals surface area contributed by atoms with Gasteiger partial charge in [0.15, 0.2) is 0 Å². The first-order valence-corrected chi connectivity index (χ1v) is 9.80. The lowest BCUT2D eigenvalue weighted by molar-refractivity contribution is -0.135. The van der Waals surface area contributed by atoms with Gasteiger partial charge in [-0.3, -0.25) is 9.78 Å². The number of hydrogen-bond donors (Lipinski definition) is 0. The number of pyridine rings is 1. The number of rotatable bonds is 6. The predicted molar refractivity (Wildman–Crippen MR) is 120 cm³/mol. The van der Waals surface area contributed by atoms with Crippen LogP contribution < -0.4 is 4.74 Å². The van der Waals surface area contributed by atoms with Crippen molar-refractivity contribution >= 4 is 18.1 Å². The van der Waals surface area contributed by atoms with Gasteiger partial charge < -0.3 is 4.74 Å². The van der Waals surface area contributed by atoms with Crippen LogP contribution >= 0.6 is 0 Å². The maximum Gasteiger partial charge on any atom is 0.323 e. The summed E-state index contributed by atoms with van der Waals surface area (Å²) in [4.78, 5) is 17.3. The van der Waals surface area contributed by atoms with Crippen LogP contribution in [-0.2, 0) is 4.79 Å². The van der Waals surface area contributed by atoms with Crippen molar-refractivity contribution in [3.05, 3.63) is 132 Å². The highest BCUT2D eigenvalue weighted by Gasteiger charge is 2.24. The van der Waals surface area contributed by atoms with Gasteiger partial charge in [-0.25, -0.2) is 0 Å². The van der Waals surface area contributed by atoms with Crippen LogP contribution in [0.25, 0.3) is 12.2 Å². The number of carbonyl (C=O) groups is 1. The summed E-state index contributed by atoms with van der Waals surface area (Å²) in [6.07, 6.45) is 5.69. The minimum Gasteiger partial charge on any atom is -0.426 e. The van der Waals surface area contributed by atoms with Crippen LogP contribution in [0, 0.1) is 0 Å². The normalized spacial score (nSPS) is 11.0. The molecule has 4 aromatic rings. The molecular formula is C27H21NO2. The lowest BCUT2D eigenvalue weighted by Gasteiger charge is -2.17. The summed E-state index contributed by atoms with van der Waals surface area (Å²) in [5.74, 6) is -0.257. The van der Waals surface area contributed by atoms with Crippen molar-refractivity contribution in [3.8, 4) is 5.75 Å². The van der Waals surface area contributed by atoms with E-state index in [1.54, 1.807) is 6.20 Å². The van der Waals surface area contributed by atoms with Crippen LogP contribution in [0.2, 0.25) is 0 Å². The van der Waals surface area contributed by atoms with Gasteiger partial charge in [-0.1, -0.05) is 84.9 Å². The van der Waals surface area contributed by atoms with Crippen LogP contribution in [0.15, 0.2) is 109 Å². The number of benzene rings is 3. The van der Waals surface area contributed by atoms with Gasteiger partial charge >= 0.3 is 5.97 Å². The molecule has 3 nitrogen and oxygen atoms in total. The van der Waals surface area contributed by atoms with Crippen LogP contribution in [0.5, 0.6) is 5.75 Å². The smallest absolute Gasteiger partial charge is 0.323 e. The van der Waals surface area contributed by atoms with Crippen LogP contribution in [0.4, 0.5) is 0 Å². The number of esters is 1. The highest BCUT2D eigenvalue weighted by atomic mass is 16.5. The van der Waals surface area contributed by atoms with Gasteiger partial charge in [0.25, 0.3) is 0 Å². The monoisotopic (exact) mass is 391 g/mol. The van der Waals surface area contributed by atoms with Crippen molar-refractivity contribution in [2.45, 2.75) is 5.92 Å². The van der Waals surface area contributed by atoms with Crippen LogP contribution in [0.1, 0.15) is 28.3 Å². The standard InChI is InChI=1S/C27H21NO2/c29-27(26(22-9-3-1-4-10-22)23-11-5-2-6-12-23)30-25-18-15-21(16-19-25)14-17-24-13-7-8-20-28-24/h1-20,26H/b17-14+. The van der Waals surface area contributed by atoms with E-state index >= 15 is 0 Å². The van der Waals surface area contributed by atoms with E-state index < -0.39 is 5.92 Å². The summed E-state index contributed by atoms with van der Waals surface area (Å²) < 4.78 is 5.73. The molecule has 3 aromatic carbocycles. The third kappa shape index (κ3) is 4.89. The first kappa shape index (κ1) is 19.3. The Morgan fingerprint density at radius 3 is 1.87 bits per heavy atom. The van der Waals surface area contributed by atoms with E-state index in [1.807, 2.05) is 115 Å². The van der Waals surface area contributed by atoms with E-state index in [9.17, 15) is 4.79 Å². The third-order valence-electron chi connectivity index (χ3n) is 4.73. The number of carbonyl (C=O) groups excluding carboxylic acids is 1. The topological polar surface area (TPSA) is 39.2 Å². The Bertz CT molecular complexity index is 1070. The van der Waals surface area contributed by atoms with Crippen molar-refractivity contribution < 1.29 is 9.53 Å². The van der Waals surface area contributed by atoms with Gasteiger partial charge in [-0.05, 0) is 47.0 Å². The second kappa shape index (κ2) is 9.48. The molecule has 0 radical (unpaired) electrons. The predicted octanol–water partition coefficient (Wildman–Crippen LogP) is 5.99. The molecule has 0 aliphatic carbocycles. The Morgan fingerprint density at radius 2 is 1.30 bits per heavy atom. The highest BCUT2D eigenvalue weighted by molar-refractivity contribution is 5.84. The Kier molecular flexibility index (Phi) is 6.11. The zero-order valence-corrected chi connectivity index (χ0v) is 16.4. The van der Waals surface area contributed by atoms with E-state index in [1.165, 1.54) is 0 Å². The zero-order valence-electron chi connectivity index (χ0n) is 16.4. The fraction of sp³-hybridized carbons (Fsp3) is 0.0370. The van der Waals surface area contributed by atoms with E-state index in [0.717, 1.165) is 22.4 Å². The molecule has 146 valence electrons. The molecule has 0 fully saturated rings. The zero-order chi connectivity index (χ0) is 20.6. The third-order valence-corrected chi connectivity index (χ3v) is 4.73. The van der Waals surface area contributed by atoms with Gasteiger partial charge in [-0.15, -0.1) is 0 Å². The van der Waals surface area contributed by atoms with Crippen molar-refractivity contribution in [2.24, 2.45) is 0 Å². The average molecular weight is 391 g/mol. The average Bonchev–Trinajstić information content (AvgIpc) is 2.81. The molecule has 0 bridgehead atoms. The molecule has 0 N–H and O–H groups in total. The fourth-order valence-electron chi connectivity index (χ4n) is 3.23. The molecule has 3 heteroatoms. The van der Waals surface area contributed by atoms with Crippen LogP contribution in [0.3, 0.4) is 0 Å². The summed E-state index contributed by atoms with van der Waals surface area (Å²) in [6.45, 7) is 0. The fourth-order valence-corrected chi connectivity index (χ4v) is 3.23. The molecule has 0 amide bonds.